The van der Waals surface area contributed by atoms with E-state index in [1.807, 2.05) is 60.7 Å². The Morgan fingerprint density at radius 2 is 1.41 bits per heavy atom. The molecular weight excluding hydrogens is 486 g/mol. The maximum absolute atomic E-state index is 13.1. The lowest BCUT2D eigenvalue weighted by atomic mass is 10.2. The first-order valence-electron chi connectivity index (χ1n) is 12.8. The van der Waals surface area contributed by atoms with Gasteiger partial charge in [0.05, 0.1) is 6.61 Å². The molecule has 7 nitrogen and oxygen atoms in total. The number of Topliss-reactive ketones (excluding diaryl/α,β-unsaturated/α-hetero) is 1. The van der Waals surface area contributed by atoms with Gasteiger partial charge in [0.1, 0.15) is 12.2 Å². The molecule has 0 heterocycles. The van der Waals surface area contributed by atoms with Crippen molar-refractivity contribution in [3.05, 3.63) is 60.7 Å². The van der Waals surface area contributed by atoms with Crippen LogP contribution in [0, 0.1) is 5.92 Å². The van der Waals surface area contributed by atoms with Crippen molar-refractivity contribution in [2.75, 3.05) is 13.2 Å². The largest absolute Gasteiger partial charge is 0.456 e. The van der Waals surface area contributed by atoms with Crippen LogP contribution in [-0.2, 0) is 23.5 Å². The van der Waals surface area contributed by atoms with Gasteiger partial charge < -0.3 is 19.2 Å². The predicted molar refractivity (Wildman–Crippen MR) is 145 cm³/mol. The average Bonchev–Trinajstić information content (AvgIpc) is 3.67. The fraction of sp³-hybridized carbons (Fsp3) is 0.483. The minimum Gasteiger partial charge on any atom is -0.456 e. The number of alkyl carbamates (subject to hydrolysis) is 1. The molecule has 2 aromatic rings. The minimum absolute atomic E-state index is 0.0292. The molecule has 1 fully saturated rings. The lowest BCUT2D eigenvalue weighted by Crippen LogP contribution is -2.67. The molecule has 0 unspecified atom stereocenters. The summed E-state index contributed by atoms with van der Waals surface area (Å²) in [4.78, 5) is 37.9. The van der Waals surface area contributed by atoms with Gasteiger partial charge in [-0.1, -0.05) is 81.4 Å². The van der Waals surface area contributed by atoms with E-state index >= 15 is 0 Å². The van der Waals surface area contributed by atoms with Gasteiger partial charge in [-0.3, -0.25) is 4.79 Å². The molecule has 1 aliphatic rings. The van der Waals surface area contributed by atoms with E-state index in [-0.39, 0.29) is 30.0 Å². The van der Waals surface area contributed by atoms with Crippen molar-refractivity contribution in [3.8, 4) is 0 Å². The van der Waals surface area contributed by atoms with Crippen molar-refractivity contribution >= 4 is 36.5 Å². The Labute approximate surface area is 221 Å². The van der Waals surface area contributed by atoms with Crippen molar-refractivity contribution in [2.45, 2.75) is 71.1 Å². The summed E-state index contributed by atoms with van der Waals surface area (Å²) in [5.74, 6) is -0.853. The quantitative estimate of drug-likeness (QED) is 0.373. The van der Waals surface area contributed by atoms with Crippen LogP contribution in [0.1, 0.15) is 54.4 Å². The lowest BCUT2D eigenvalue weighted by molar-refractivity contribution is -0.151. The van der Waals surface area contributed by atoms with Crippen LogP contribution in [-0.4, -0.2) is 51.0 Å². The van der Waals surface area contributed by atoms with Gasteiger partial charge in [-0.25, -0.2) is 9.59 Å². The summed E-state index contributed by atoms with van der Waals surface area (Å²) >= 11 is 0. The van der Waals surface area contributed by atoms with Gasteiger partial charge in [-0.2, -0.15) is 0 Å². The Kier molecular flexibility index (Phi) is 8.97. The number of ketones is 1. The minimum atomic E-state index is -2.98. The van der Waals surface area contributed by atoms with Crippen LogP contribution in [0.2, 0.25) is 5.04 Å². The summed E-state index contributed by atoms with van der Waals surface area (Å²) in [5, 5.41) is 4.38. The Balaban J connectivity index is 1.92. The van der Waals surface area contributed by atoms with E-state index in [1.54, 1.807) is 20.8 Å². The number of hydrogen-bond acceptors (Lipinski definition) is 6. The van der Waals surface area contributed by atoms with Crippen molar-refractivity contribution in [1.29, 1.82) is 0 Å². The number of hydrogen-bond donors (Lipinski definition) is 1. The molecule has 0 spiro atoms. The molecule has 0 radical (unpaired) electrons. The van der Waals surface area contributed by atoms with Gasteiger partial charge in [0, 0.05) is 5.92 Å². The van der Waals surface area contributed by atoms with Crippen LogP contribution in [0.25, 0.3) is 0 Å². The van der Waals surface area contributed by atoms with Gasteiger partial charge >= 0.3 is 12.1 Å². The fourth-order valence-corrected chi connectivity index (χ4v) is 8.93. The highest BCUT2D eigenvalue weighted by Crippen LogP contribution is 2.37. The summed E-state index contributed by atoms with van der Waals surface area (Å²) in [5.41, 5.74) is -0.751. The standard InChI is InChI=1S/C29H39NO6Si/c1-28(2,3)36-27(33)30-24(26(32)34-20-25(31)21-17-18-21)19-35-37(29(4,5)6,22-13-9-7-10-14-22)23-15-11-8-12-16-23/h7-16,21,24H,17-20H2,1-6H3,(H,30,33)/t24-/m0/s1. The second-order valence-electron chi connectivity index (χ2n) is 11.5. The predicted octanol–water partition coefficient (Wildman–Crippen LogP) is 3.98. The van der Waals surface area contributed by atoms with Gasteiger partial charge in [0.15, 0.2) is 11.8 Å². The van der Waals surface area contributed by atoms with Crippen molar-refractivity contribution in [1.82, 2.24) is 5.32 Å². The maximum atomic E-state index is 13.1. The first-order valence-corrected chi connectivity index (χ1v) is 14.7. The molecule has 0 aromatic heterocycles. The highest BCUT2D eigenvalue weighted by molar-refractivity contribution is 6.99. The topological polar surface area (TPSA) is 90.9 Å². The molecule has 1 amide bonds. The van der Waals surface area contributed by atoms with Crippen LogP contribution >= 0.6 is 0 Å². The van der Waals surface area contributed by atoms with Gasteiger partial charge in [-0.05, 0) is 49.0 Å². The number of amides is 1. The summed E-state index contributed by atoms with van der Waals surface area (Å²) in [6, 6.07) is 18.9. The molecule has 1 N–H and O–H groups in total. The first kappa shape index (κ1) is 28.6. The third-order valence-corrected chi connectivity index (χ3v) is 11.3. The van der Waals surface area contributed by atoms with Crippen LogP contribution in [0.15, 0.2) is 60.7 Å². The van der Waals surface area contributed by atoms with Gasteiger partial charge in [0.25, 0.3) is 8.32 Å². The second-order valence-corrected chi connectivity index (χ2v) is 15.8. The van der Waals surface area contributed by atoms with Crippen molar-refractivity contribution in [3.63, 3.8) is 0 Å². The van der Waals surface area contributed by atoms with E-state index in [2.05, 4.69) is 26.1 Å². The van der Waals surface area contributed by atoms with E-state index < -0.39 is 32.0 Å². The van der Waals surface area contributed by atoms with Gasteiger partial charge in [-0.15, -0.1) is 0 Å². The SMILES string of the molecule is CC(C)(C)OC(=O)N[C@@H](CO[Si](c1ccccc1)(c1ccccc1)C(C)(C)C)C(=O)OCC(=O)C1CC1. The molecule has 37 heavy (non-hydrogen) atoms. The number of carbonyl (C=O) groups excluding carboxylic acids is 3. The van der Waals surface area contributed by atoms with Crippen molar-refractivity contribution < 1.29 is 28.3 Å². The zero-order valence-corrected chi connectivity index (χ0v) is 23.7. The molecule has 200 valence electrons. The van der Waals surface area contributed by atoms with Crippen LogP contribution < -0.4 is 15.7 Å². The third kappa shape index (κ3) is 7.52. The number of ether oxygens (including phenoxy) is 2. The molecular formula is C29H39NO6Si. The molecule has 0 saturated heterocycles. The van der Waals surface area contributed by atoms with E-state index in [9.17, 15) is 14.4 Å². The summed E-state index contributed by atoms with van der Waals surface area (Å²) in [6.45, 7) is 11.2. The van der Waals surface area contributed by atoms with E-state index in [1.165, 1.54) is 0 Å². The molecule has 0 bridgehead atoms. The number of rotatable bonds is 10. The van der Waals surface area contributed by atoms with Crippen LogP contribution in [0.5, 0.6) is 0 Å². The number of benzene rings is 2. The Hall–Kier alpha value is -2.97. The highest BCUT2D eigenvalue weighted by Gasteiger charge is 2.50. The highest BCUT2D eigenvalue weighted by atomic mass is 28.4. The smallest absolute Gasteiger partial charge is 0.408 e. The molecule has 3 rings (SSSR count). The Bertz CT molecular complexity index is 1030. The van der Waals surface area contributed by atoms with Crippen LogP contribution in [0.3, 0.4) is 0 Å². The van der Waals surface area contributed by atoms with Gasteiger partial charge in [0.2, 0.25) is 0 Å². The van der Waals surface area contributed by atoms with E-state index in [0.717, 1.165) is 23.2 Å². The Morgan fingerprint density at radius 3 is 1.84 bits per heavy atom. The first-order chi connectivity index (χ1) is 17.3. The number of carbonyl (C=O) groups is 3. The number of esters is 1. The zero-order chi connectivity index (χ0) is 27.3. The lowest BCUT2D eigenvalue weighted by Gasteiger charge is -2.43. The third-order valence-electron chi connectivity index (χ3n) is 6.25. The summed E-state index contributed by atoms with van der Waals surface area (Å²) in [7, 11) is -2.98. The van der Waals surface area contributed by atoms with Crippen molar-refractivity contribution in [2.24, 2.45) is 5.92 Å². The maximum Gasteiger partial charge on any atom is 0.408 e. The molecule has 8 heteroatoms. The normalized spacial score (nSPS) is 15.0. The molecule has 1 atom stereocenters. The van der Waals surface area contributed by atoms with E-state index in [0.29, 0.717) is 0 Å². The summed E-state index contributed by atoms with van der Waals surface area (Å²) in [6.07, 6.45) is 0.897. The second kappa shape index (κ2) is 11.6. The monoisotopic (exact) mass is 525 g/mol. The average molecular weight is 526 g/mol. The number of nitrogens with one attached hydrogen (secondary N) is 1. The van der Waals surface area contributed by atoms with Crippen LogP contribution in [0.4, 0.5) is 4.79 Å². The molecule has 0 aliphatic heterocycles. The van der Waals surface area contributed by atoms with E-state index in [4.69, 9.17) is 13.9 Å². The molecule has 1 saturated carbocycles. The Morgan fingerprint density at radius 1 is 0.892 bits per heavy atom. The summed E-state index contributed by atoms with van der Waals surface area (Å²) < 4.78 is 17.6. The fourth-order valence-electron chi connectivity index (χ4n) is 4.35. The molecule has 1 aliphatic carbocycles. The molecule has 2 aromatic carbocycles. The zero-order valence-electron chi connectivity index (χ0n) is 22.7.